The normalized spacial score (nSPS) is 10.6. The Morgan fingerprint density at radius 1 is 1.53 bits per heavy atom. The molecule has 0 bridgehead atoms. The van der Waals surface area contributed by atoms with Gasteiger partial charge in [-0.05, 0) is 13.0 Å². The molecular formula is C10H10F3NO3. The first-order chi connectivity index (χ1) is 7.95. The summed E-state index contributed by atoms with van der Waals surface area (Å²) in [7, 11) is 0. The van der Waals surface area contributed by atoms with Crippen LogP contribution in [0.25, 0.3) is 0 Å². The number of rotatable bonds is 4. The maximum absolute atomic E-state index is 13.3. The first-order valence-electron chi connectivity index (χ1n) is 4.81. The number of nitrogens with one attached hydrogen (secondary N) is 1. The summed E-state index contributed by atoms with van der Waals surface area (Å²) in [4.78, 5) is 24.1. The molecule has 0 aliphatic carbocycles. The highest BCUT2D eigenvalue weighted by molar-refractivity contribution is 5.72. The quantitative estimate of drug-likeness (QED) is 0.824. The van der Waals surface area contributed by atoms with E-state index >= 15 is 0 Å². The molecule has 0 aliphatic heterocycles. The molecular weight excluding hydrogens is 239 g/mol. The summed E-state index contributed by atoms with van der Waals surface area (Å²) in [5.41, 5.74) is -2.37. The van der Waals surface area contributed by atoms with Crippen LogP contribution in [0.1, 0.15) is 24.6 Å². The standard InChI is InChI=1S/C10H10F3NO3/c1-2-17-8(15)3-5-6(11)4-7(9(12)13)14-10(5)16/h4,9H,2-3H2,1H3,(H,14,16). The summed E-state index contributed by atoms with van der Waals surface area (Å²) in [6, 6.07) is 0.501. The summed E-state index contributed by atoms with van der Waals surface area (Å²) >= 11 is 0. The first kappa shape index (κ1) is 13.3. The van der Waals surface area contributed by atoms with Gasteiger partial charge in [-0.2, -0.15) is 0 Å². The Morgan fingerprint density at radius 2 is 2.18 bits per heavy atom. The van der Waals surface area contributed by atoms with Gasteiger partial charge in [0.15, 0.2) is 0 Å². The largest absolute Gasteiger partial charge is 0.466 e. The number of carbonyl (C=O) groups is 1. The van der Waals surface area contributed by atoms with Gasteiger partial charge in [0.2, 0.25) is 0 Å². The van der Waals surface area contributed by atoms with Gasteiger partial charge < -0.3 is 9.72 Å². The molecule has 17 heavy (non-hydrogen) atoms. The van der Waals surface area contributed by atoms with Crippen LogP contribution >= 0.6 is 0 Å². The molecule has 0 unspecified atom stereocenters. The third-order valence-electron chi connectivity index (χ3n) is 1.96. The molecule has 7 heteroatoms. The predicted molar refractivity (Wildman–Crippen MR) is 52.3 cm³/mol. The van der Waals surface area contributed by atoms with Crippen LogP contribution in [-0.2, 0) is 16.0 Å². The minimum atomic E-state index is -2.98. The van der Waals surface area contributed by atoms with Crippen LogP contribution in [0.15, 0.2) is 10.9 Å². The van der Waals surface area contributed by atoms with Gasteiger partial charge in [0.1, 0.15) is 5.82 Å². The van der Waals surface area contributed by atoms with Crippen molar-refractivity contribution in [1.29, 1.82) is 0 Å². The van der Waals surface area contributed by atoms with Gasteiger partial charge in [0.05, 0.1) is 24.3 Å². The van der Waals surface area contributed by atoms with E-state index in [1.54, 1.807) is 6.92 Å². The van der Waals surface area contributed by atoms with Crippen LogP contribution in [-0.4, -0.2) is 17.6 Å². The highest BCUT2D eigenvalue weighted by Crippen LogP contribution is 2.16. The van der Waals surface area contributed by atoms with Crippen LogP contribution < -0.4 is 5.56 Å². The average Bonchev–Trinajstić information content (AvgIpc) is 2.23. The Labute approximate surface area is 94.4 Å². The fraction of sp³-hybridized carbons (Fsp3) is 0.400. The third kappa shape index (κ3) is 3.33. The van der Waals surface area contributed by atoms with E-state index in [9.17, 15) is 22.8 Å². The van der Waals surface area contributed by atoms with E-state index in [-0.39, 0.29) is 6.61 Å². The second-order valence-electron chi connectivity index (χ2n) is 3.16. The van der Waals surface area contributed by atoms with Crippen molar-refractivity contribution in [2.24, 2.45) is 0 Å². The van der Waals surface area contributed by atoms with Gasteiger partial charge in [-0.15, -0.1) is 0 Å². The molecule has 1 aromatic heterocycles. The summed E-state index contributed by atoms with van der Waals surface area (Å²) in [6.45, 7) is 1.64. The molecule has 0 radical (unpaired) electrons. The van der Waals surface area contributed by atoms with Crippen LogP contribution in [0.2, 0.25) is 0 Å². The number of pyridine rings is 1. The zero-order chi connectivity index (χ0) is 13.0. The van der Waals surface area contributed by atoms with Gasteiger partial charge in [-0.25, -0.2) is 13.2 Å². The number of hydrogen-bond acceptors (Lipinski definition) is 3. The average molecular weight is 249 g/mol. The molecule has 0 atom stereocenters. The molecule has 1 N–H and O–H groups in total. The van der Waals surface area contributed by atoms with Crippen molar-refractivity contribution >= 4 is 5.97 Å². The van der Waals surface area contributed by atoms with E-state index in [1.165, 1.54) is 0 Å². The summed E-state index contributed by atoms with van der Waals surface area (Å²) in [5.74, 6) is -1.93. The summed E-state index contributed by atoms with van der Waals surface area (Å²) in [5, 5.41) is 0. The zero-order valence-corrected chi connectivity index (χ0v) is 8.93. The molecule has 0 spiro atoms. The molecule has 0 amide bonds. The van der Waals surface area contributed by atoms with Crippen LogP contribution in [0.4, 0.5) is 13.2 Å². The summed E-state index contributed by atoms with van der Waals surface area (Å²) < 4.78 is 42.3. The summed E-state index contributed by atoms with van der Waals surface area (Å²) in [6.07, 6.45) is -3.56. The number of aromatic amines is 1. The molecule has 94 valence electrons. The monoisotopic (exact) mass is 249 g/mol. The predicted octanol–water partition coefficient (Wildman–Crippen LogP) is 1.56. The van der Waals surface area contributed by atoms with Gasteiger partial charge in [0.25, 0.3) is 12.0 Å². The Kier molecular flexibility index (Phi) is 4.30. The van der Waals surface area contributed by atoms with E-state index in [0.717, 1.165) is 0 Å². The van der Waals surface area contributed by atoms with Crippen molar-refractivity contribution in [2.45, 2.75) is 19.8 Å². The number of alkyl halides is 2. The Hall–Kier alpha value is -1.79. The number of esters is 1. The molecule has 0 aromatic carbocycles. The second kappa shape index (κ2) is 5.51. The number of halogens is 3. The van der Waals surface area contributed by atoms with Crippen molar-refractivity contribution in [3.63, 3.8) is 0 Å². The zero-order valence-electron chi connectivity index (χ0n) is 8.93. The Bertz CT molecular complexity index is 470. The molecule has 4 nitrogen and oxygen atoms in total. The lowest BCUT2D eigenvalue weighted by molar-refractivity contribution is -0.142. The number of ether oxygens (including phenoxy) is 1. The molecule has 1 rings (SSSR count). The number of carbonyl (C=O) groups excluding carboxylic acids is 1. The molecule has 0 saturated carbocycles. The SMILES string of the molecule is CCOC(=O)Cc1c(F)cc(C(F)F)[nH]c1=O. The van der Waals surface area contributed by atoms with E-state index < -0.39 is 41.4 Å². The molecule has 1 aromatic rings. The van der Waals surface area contributed by atoms with E-state index in [1.807, 2.05) is 4.98 Å². The van der Waals surface area contributed by atoms with Gasteiger partial charge in [-0.1, -0.05) is 0 Å². The van der Waals surface area contributed by atoms with Gasteiger partial charge >= 0.3 is 5.97 Å². The lowest BCUT2D eigenvalue weighted by Gasteiger charge is -2.05. The van der Waals surface area contributed by atoms with Crippen LogP contribution in [0, 0.1) is 5.82 Å². The fourth-order valence-electron chi connectivity index (χ4n) is 1.21. The maximum Gasteiger partial charge on any atom is 0.310 e. The van der Waals surface area contributed by atoms with E-state index in [0.29, 0.717) is 6.07 Å². The Morgan fingerprint density at radius 3 is 2.65 bits per heavy atom. The van der Waals surface area contributed by atoms with Crippen LogP contribution in [0.5, 0.6) is 0 Å². The van der Waals surface area contributed by atoms with Crippen molar-refractivity contribution in [1.82, 2.24) is 4.98 Å². The van der Waals surface area contributed by atoms with Crippen molar-refractivity contribution in [3.05, 3.63) is 33.5 Å². The molecule has 0 fully saturated rings. The van der Waals surface area contributed by atoms with Crippen molar-refractivity contribution in [2.75, 3.05) is 6.61 Å². The number of H-pyrrole nitrogens is 1. The molecule has 0 aliphatic rings. The lowest BCUT2D eigenvalue weighted by Crippen LogP contribution is -2.21. The topological polar surface area (TPSA) is 59.2 Å². The van der Waals surface area contributed by atoms with Gasteiger partial charge in [0, 0.05) is 0 Å². The minimum Gasteiger partial charge on any atom is -0.466 e. The Balaban J connectivity index is 3.02. The van der Waals surface area contributed by atoms with Crippen molar-refractivity contribution in [3.8, 4) is 0 Å². The highest BCUT2D eigenvalue weighted by Gasteiger charge is 2.17. The fourth-order valence-corrected chi connectivity index (χ4v) is 1.21. The van der Waals surface area contributed by atoms with E-state index in [2.05, 4.69) is 4.74 Å². The lowest BCUT2D eigenvalue weighted by atomic mass is 10.2. The van der Waals surface area contributed by atoms with E-state index in [4.69, 9.17) is 0 Å². The molecule has 1 heterocycles. The number of hydrogen-bond donors (Lipinski definition) is 1. The first-order valence-corrected chi connectivity index (χ1v) is 4.81. The smallest absolute Gasteiger partial charge is 0.310 e. The molecule has 0 saturated heterocycles. The van der Waals surface area contributed by atoms with Crippen LogP contribution in [0.3, 0.4) is 0 Å². The third-order valence-corrected chi connectivity index (χ3v) is 1.96. The highest BCUT2D eigenvalue weighted by atomic mass is 19.3. The second-order valence-corrected chi connectivity index (χ2v) is 3.16. The van der Waals surface area contributed by atoms with Gasteiger partial charge in [-0.3, -0.25) is 9.59 Å². The van der Waals surface area contributed by atoms with Crippen molar-refractivity contribution < 1.29 is 22.7 Å². The maximum atomic E-state index is 13.3. The number of aromatic nitrogens is 1. The minimum absolute atomic E-state index is 0.0907.